The van der Waals surface area contributed by atoms with E-state index < -0.39 is 47.6 Å². The fraction of sp³-hybridized carbons (Fsp3) is 0.419. The molecule has 0 radical (unpaired) electrons. The molecule has 10 nitrogen and oxygen atoms in total. The lowest BCUT2D eigenvalue weighted by Crippen LogP contribution is -2.45. The lowest BCUT2D eigenvalue weighted by atomic mass is 10.1. The maximum Gasteiger partial charge on any atom is 0.416 e. The van der Waals surface area contributed by atoms with Crippen LogP contribution in [0.25, 0.3) is 0 Å². The van der Waals surface area contributed by atoms with Crippen molar-refractivity contribution in [1.82, 2.24) is 14.7 Å². The molecule has 0 saturated carbocycles. The fourth-order valence-corrected chi connectivity index (χ4v) is 5.14. The summed E-state index contributed by atoms with van der Waals surface area (Å²) in [7, 11) is 0. The Labute approximate surface area is 265 Å². The summed E-state index contributed by atoms with van der Waals surface area (Å²) in [6.07, 6.45) is -8.39. The van der Waals surface area contributed by atoms with Crippen molar-refractivity contribution in [2.24, 2.45) is 0 Å². The predicted molar refractivity (Wildman–Crippen MR) is 154 cm³/mol. The number of anilines is 1. The third kappa shape index (κ3) is 9.32. The van der Waals surface area contributed by atoms with Crippen LogP contribution in [0.1, 0.15) is 28.9 Å². The molecule has 5 rings (SSSR count). The number of hydrogen-bond acceptors (Lipinski definition) is 7. The number of alkyl halides is 6. The average Bonchev–Trinajstić information content (AvgIpc) is 3.72. The summed E-state index contributed by atoms with van der Waals surface area (Å²) in [5.41, 5.74) is -3.19. The summed E-state index contributed by atoms with van der Waals surface area (Å²) in [6.45, 7) is 2.50. The van der Waals surface area contributed by atoms with Gasteiger partial charge in [0.1, 0.15) is 12.3 Å². The van der Waals surface area contributed by atoms with Gasteiger partial charge in [-0.3, -0.25) is 9.69 Å². The molecule has 3 heterocycles. The Kier molecular flexibility index (Phi) is 10.5. The number of nitrogens with one attached hydrogen (secondary N) is 1. The van der Waals surface area contributed by atoms with E-state index in [1.54, 1.807) is 30.3 Å². The van der Waals surface area contributed by atoms with E-state index in [1.807, 2.05) is 0 Å². The number of amides is 3. The van der Waals surface area contributed by atoms with E-state index in [2.05, 4.69) is 10.2 Å². The van der Waals surface area contributed by atoms with Crippen molar-refractivity contribution >= 4 is 17.6 Å². The van der Waals surface area contributed by atoms with Crippen LogP contribution in [0, 0.1) is 0 Å². The number of benzene rings is 2. The van der Waals surface area contributed by atoms with Gasteiger partial charge in [-0.15, -0.1) is 0 Å². The molecule has 0 spiro atoms. The van der Waals surface area contributed by atoms with Gasteiger partial charge in [0, 0.05) is 38.4 Å². The van der Waals surface area contributed by atoms with Gasteiger partial charge in [0.2, 0.25) is 12.7 Å². The van der Waals surface area contributed by atoms with E-state index >= 15 is 0 Å². The lowest BCUT2D eigenvalue weighted by Gasteiger charge is -2.30. The Bertz CT molecular complexity index is 1490. The molecule has 1 N–H and O–H groups in total. The van der Waals surface area contributed by atoms with Gasteiger partial charge in [-0.2, -0.15) is 26.3 Å². The summed E-state index contributed by atoms with van der Waals surface area (Å²) in [4.78, 5) is 31.9. The largest absolute Gasteiger partial charge is 0.467 e. The molecule has 0 atom stereocenters. The fourth-order valence-electron chi connectivity index (χ4n) is 5.14. The van der Waals surface area contributed by atoms with Crippen molar-refractivity contribution in [3.63, 3.8) is 0 Å². The van der Waals surface area contributed by atoms with Crippen molar-refractivity contribution in [1.29, 1.82) is 0 Å². The second-order valence-corrected chi connectivity index (χ2v) is 11.0. The summed E-state index contributed by atoms with van der Waals surface area (Å²) >= 11 is 0. The van der Waals surface area contributed by atoms with Crippen LogP contribution < -0.4 is 14.8 Å². The molecule has 3 amide bonds. The minimum atomic E-state index is -5.10. The van der Waals surface area contributed by atoms with E-state index in [9.17, 15) is 35.9 Å². The maximum atomic E-state index is 13.8. The van der Waals surface area contributed by atoms with Gasteiger partial charge in [0.25, 0.3) is 0 Å². The molecule has 254 valence electrons. The number of rotatable bonds is 11. The standard InChI is InChI=1S/C31H32F6N4O6/c32-30(33,34)22-14-23(31(35,36)37)16-24(15-22)38-29(43)40(7-2-6-39-8-11-44-12-9-39)19-28(42)41(18-25-3-1-10-45-25)17-21-4-5-26-27(13-21)47-20-46-26/h1,3-5,10,13-16H,2,6-9,11-12,17-20H2,(H,38,43). The van der Waals surface area contributed by atoms with Crippen molar-refractivity contribution < 1.29 is 54.6 Å². The first-order chi connectivity index (χ1) is 22.3. The zero-order chi connectivity index (χ0) is 33.6. The van der Waals surface area contributed by atoms with Crippen LogP contribution in [-0.2, 0) is 35.0 Å². The van der Waals surface area contributed by atoms with E-state index in [4.69, 9.17) is 18.6 Å². The SMILES string of the molecule is O=C(CN(CCCN1CCOCC1)C(=O)Nc1cc(C(F)(F)F)cc(C(F)(F)F)c1)N(Cc1ccc2c(c1)OCO2)Cc1ccco1. The van der Waals surface area contributed by atoms with E-state index in [1.165, 1.54) is 11.2 Å². The number of halogens is 6. The summed E-state index contributed by atoms with van der Waals surface area (Å²) < 4.78 is 102. The predicted octanol–water partition coefficient (Wildman–Crippen LogP) is 5.83. The number of furan rings is 1. The molecule has 1 saturated heterocycles. The zero-order valence-corrected chi connectivity index (χ0v) is 25.0. The minimum Gasteiger partial charge on any atom is -0.467 e. The highest BCUT2D eigenvalue weighted by molar-refractivity contribution is 5.92. The quantitative estimate of drug-likeness (QED) is 0.257. The molecule has 47 heavy (non-hydrogen) atoms. The molecular weight excluding hydrogens is 638 g/mol. The van der Waals surface area contributed by atoms with Gasteiger partial charge in [-0.1, -0.05) is 6.07 Å². The summed E-state index contributed by atoms with van der Waals surface area (Å²) in [5.74, 6) is 0.951. The van der Waals surface area contributed by atoms with Gasteiger partial charge in [-0.25, -0.2) is 4.79 Å². The molecule has 0 bridgehead atoms. The third-order valence-corrected chi connectivity index (χ3v) is 7.55. The molecule has 0 aliphatic carbocycles. The minimum absolute atomic E-state index is 0.0152. The van der Waals surface area contributed by atoms with Gasteiger partial charge in [0.05, 0.1) is 37.1 Å². The Morgan fingerprint density at radius 1 is 0.851 bits per heavy atom. The Balaban J connectivity index is 1.37. The highest BCUT2D eigenvalue weighted by Crippen LogP contribution is 2.38. The van der Waals surface area contributed by atoms with Crippen LogP contribution >= 0.6 is 0 Å². The smallest absolute Gasteiger partial charge is 0.416 e. The molecular formula is C31H32F6N4O6. The number of hydrogen-bond donors (Lipinski definition) is 1. The number of morpholine rings is 1. The number of carbonyl (C=O) groups excluding carboxylic acids is 2. The van der Waals surface area contributed by atoms with Crippen LogP contribution in [0.3, 0.4) is 0 Å². The van der Waals surface area contributed by atoms with Gasteiger partial charge in [-0.05, 0) is 54.4 Å². The Hall–Kier alpha value is -4.44. The normalized spacial score (nSPS) is 15.0. The monoisotopic (exact) mass is 670 g/mol. The van der Waals surface area contributed by atoms with Crippen LogP contribution in [0.5, 0.6) is 11.5 Å². The van der Waals surface area contributed by atoms with Crippen molar-refractivity contribution in [3.05, 3.63) is 77.2 Å². The van der Waals surface area contributed by atoms with Crippen LogP contribution in [-0.4, -0.2) is 79.4 Å². The van der Waals surface area contributed by atoms with Gasteiger partial charge < -0.3 is 33.7 Å². The zero-order valence-electron chi connectivity index (χ0n) is 25.0. The second kappa shape index (κ2) is 14.5. The first-order valence-corrected chi connectivity index (χ1v) is 14.7. The number of nitrogens with zero attached hydrogens (tertiary/aromatic N) is 3. The van der Waals surface area contributed by atoms with E-state index in [0.717, 1.165) is 4.90 Å². The number of fused-ring (bicyclic) bond motifs is 1. The summed E-state index contributed by atoms with van der Waals surface area (Å²) in [6, 6.07) is 8.25. The van der Waals surface area contributed by atoms with Crippen LogP contribution in [0.15, 0.2) is 59.2 Å². The van der Waals surface area contributed by atoms with E-state index in [-0.39, 0.29) is 32.5 Å². The van der Waals surface area contributed by atoms with E-state index in [0.29, 0.717) is 74.2 Å². The lowest BCUT2D eigenvalue weighted by molar-refractivity contribution is -0.143. The number of urea groups is 1. The molecule has 3 aromatic rings. The van der Waals surface area contributed by atoms with Gasteiger partial charge >= 0.3 is 18.4 Å². The average molecular weight is 671 g/mol. The molecule has 1 fully saturated rings. The molecule has 1 aromatic heterocycles. The molecule has 16 heteroatoms. The molecule has 2 aromatic carbocycles. The third-order valence-electron chi connectivity index (χ3n) is 7.55. The number of carbonyl (C=O) groups is 2. The highest BCUT2D eigenvalue weighted by atomic mass is 19.4. The first kappa shape index (κ1) is 33.9. The van der Waals surface area contributed by atoms with Crippen molar-refractivity contribution in [2.75, 3.05) is 58.0 Å². The molecule has 0 unspecified atom stereocenters. The first-order valence-electron chi connectivity index (χ1n) is 14.7. The Morgan fingerprint density at radius 3 is 2.21 bits per heavy atom. The van der Waals surface area contributed by atoms with Crippen molar-refractivity contribution in [3.8, 4) is 11.5 Å². The van der Waals surface area contributed by atoms with Crippen LogP contribution in [0.4, 0.5) is 36.8 Å². The molecule has 2 aliphatic heterocycles. The highest BCUT2D eigenvalue weighted by Gasteiger charge is 2.37. The Morgan fingerprint density at radius 2 is 1.55 bits per heavy atom. The number of ether oxygens (including phenoxy) is 3. The van der Waals surface area contributed by atoms with Crippen LogP contribution in [0.2, 0.25) is 0 Å². The summed E-state index contributed by atoms with van der Waals surface area (Å²) in [5, 5.41) is 2.16. The van der Waals surface area contributed by atoms with Crippen molar-refractivity contribution in [2.45, 2.75) is 31.9 Å². The molecule has 2 aliphatic rings. The topological polar surface area (TPSA) is 96.7 Å². The maximum absolute atomic E-state index is 13.8. The second-order valence-electron chi connectivity index (χ2n) is 11.0. The van der Waals surface area contributed by atoms with Gasteiger partial charge in [0.15, 0.2) is 11.5 Å².